The lowest BCUT2D eigenvalue weighted by Gasteiger charge is -2.31. The van der Waals surface area contributed by atoms with Crippen LogP contribution in [0.4, 0.5) is 0 Å². The maximum atomic E-state index is 11.8. The predicted octanol–water partition coefficient (Wildman–Crippen LogP) is 1.92. The summed E-state index contributed by atoms with van der Waals surface area (Å²) in [6.07, 6.45) is 4.60. The molecule has 1 aromatic rings. The molecule has 20 heavy (non-hydrogen) atoms. The summed E-state index contributed by atoms with van der Waals surface area (Å²) in [5, 5.41) is 0. The molecular weight excluding hydrogens is 252 g/mol. The van der Waals surface area contributed by atoms with Gasteiger partial charge in [0.1, 0.15) is 5.54 Å². The van der Waals surface area contributed by atoms with E-state index < -0.39 is 11.4 Å². The number of hydrogen-bond acceptors (Lipinski definition) is 3. The number of nitrogens with two attached hydrogens (primary N) is 2. The summed E-state index contributed by atoms with van der Waals surface area (Å²) < 4.78 is 5.89. The third kappa shape index (κ3) is 3.38. The molecule has 1 aliphatic carbocycles. The quantitative estimate of drug-likeness (QED) is 0.862. The summed E-state index contributed by atoms with van der Waals surface area (Å²) in [5.41, 5.74) is 11.2. The first kappa shape index (κ1) is 15.0. The second kappa shape index (κ2) is 6.37. The largest absolute Gasteiger partial charge is 0.375 e. The Hall–Kier alpha value is -1.39. The second-order valence-corrected chi connectivity index (χ2v) is 5.89. The van der Waals surface area contributed by atoms with Gasteiger partial charge in [-0.05, 0) is 37.2 Å². The number of rotatable bonds is 5. The van der Waals surface area contributed by atoms with Gasteiger partial charge in [0, 0.05) is 0 Å². The molecule has 0 aromatic heterocycles. The molecule has 0 spiro atoms. The van der Waals surface area contributed by atoms with Gasteiger partial charge in [-0.15, -0.1) is 0 Å². The number of carbonyl (C=O) groups excluding carboxylic acids is 1. The number of amides is 1. The fourth-order valence-electron chi connectivity index (χ4n) is 2.68. The molecule has 0 bridgehead atoms. The van der Waals surface area contributed by atoms with E-state index in [4.69, 9.17) is 16.2 Å². The molecule has 4 heteroatoms. The molecule has 0 radical (unpaired) electrons. The first-order chi connectivity index (χ1) is 9.52. The van der Waals surface area contributed by atoms with Gasteiger partial charge in [-0.1, -0.05) is 37.3 Å². The fourth-order valence-corrected chi connectivity index (χ4v) is 2.68. The van der Waals surface area contributed by atoms with Gasteiger partial charge in [0.05, 0.1) is 12.7 Å². The molecule has 0 saturated heterocycles. The summed E-state index contributed by atoms with van der Waals surface area (Å²) in [7, 11) is 0. The van der Waals surface area contributed by atoms with E-state index in [1.54, 1.807) is 0 Å². The minimum absolute atomic E-state index is 0.144. The molecular formula is C16H24N2O2. The van der Waals surface area contributed by atoms with Crippen LogP contribution in [0.15, 0.2) is 30.3 Å². The van der Waals surface area contributed by atoms with E-state index in [9.17, 15) is 4.79 Å². The van der Waals surface area contributed by atoms with E-state index in [1.165, 1.54) is 12.8 Å². The summed E-state index contributed by atoms with van der Waals surface area (Å²) >= 11 is 0. The monoisotopic (exact) mass is 276 g/mol. The predicted molar refractivity (Wildman–Crippen MR) is 78.9 cm³/mol. The van der Waals surface area contributed by atoms with Crippen LogP contribution in [-0.4, -0.2) is 18.6 Å². The third-order valence-corrected chi connectivity index (χ3v) is 4.24. The maximum absolute atomic E-state index is 11.8. The molecule has 1 unspecified atom stereocenters. The normalized spacial score (nSPS) is 25.9. The Kier molecular flexibility index (Phi) is 4.78. The van der Waals surface area contributed by atoms with Crippen molar-refractivity contribution in [3.63, 3.8) is 0 Å². The molecule has 110 valence electrons. The molecule has 2 rings (SSSR count). The zero-order chi connectivity index (χ0) is 14.6. The average molecular weight is 276 g/mol. The Morgan fingerprint density at radius 3 is 2.40 bits per heavy atom. The molecule has 1 atom stereocenters. The van der Waals surface area contributed by atoms with E-state index in [0.717, 1.165) is 18.8 Å². The van der Waals surface area contributed by atoms with Crippen molar-refractivity contribution in [2.24, 2.45) is 17.4 Å². The number of benzene rings is 1. The molecule has 0 heterocycles. The first-order valence-electron chi connectivity index (χ1n) is 7.28. The van der Waals surface area contributed by atoms with Crippen LogP contribution in [0.3, 0.4) is 0 Å². The Bertz CT molecular complexity index is 441. The maximum Gasteiger partial charge on any atom is 0.244 e. The number of ether oxygens (including phenoxy) is 1. The standard InChI is InChI=1S/C16H24N2O2/c1-12-7-9-14(10-8-12)20-11-16(18,15(17)19)13-5-3-2-4-6-13/h2-6,12,14H,7-11,18H2,1H3,(H2,17,19). The zero-order valence-corrected chi connectivity index (χ0v) is 12.0. The van der Waals surface area contributed by atoms with Crippen LogP contribution in [0, 0.1) is 5.92 Å². The van der Waals surface area contributed by atoms with Crippen LogP contribution in [0.25, 0.3) is 0 Å². The Balaban J connectivity index is 2.01. The average Bonchev–Trinajstić information content (AvgIpc) is 2.47. The van der Waals surface area contributed by atoms with E-state index >= 15 is 0 Å². The molecule has 4 nitrogen and oxygen atoms in total. The second-order valence-electron chi connectivity index (χ2n) is 5.89. The van der Waals surface area contributed by atoms with Gasteiger partial charge in [-0.2, -0.15) is 0 Å². The first-order valence-corrected chi connectivity index (χ1v) is 7.28. The summed E-state index contributed by atoms with van der Waals surface area (Å²) in [5.74, 6) is 0.218. The van der Waals surface area contributed by atoms with Crippen molar-refractivity contribution in [1.29, 1.82) is 0 Å². The van der Waals surface area contributed by atoms with E-state index in [-0.39, 0.29) is 12.7 Å². The van der Waals surface area contributed by atoms with Crippen molar-refractivity contribution in [3.8, 4) is 0 Å². The number of primary amides is 1. The Morgan fingerprint density at radius 2 is 1.85 bits per heavy atom. The van der Waals surface area contributed by atoms with Gasteiger partial charge in [-0.25, -0.2) is 0 Å². The van der Waals surface area contributed by atoms with Crippen LogP contribution < -0.4 is 11.5 Å². The van der Waals surface area contributed by atoms with E-state index in [1.807, 2.05) is 30.3 Å². The smallest absolute Gasteiger partial charge is 0.244 e. The Morgan fingerprint density at radius 1 is 1.25 bits per heavy atom. The summed E-state index contributed by atoms with van der Waals surface area (Å²) in [6.45, 7) is 2.40. The molecule has 4 N–H and O–H groups in total. The highest BCUT2D eigenvalue weighted by atomic mass is 16.5. The lowest BCUT2D eigenvalue weighted by Crippen LogP contribution is -2.53. The van der Waals surface area contributed by atoms with E-state index in [2.05, 4.69) is 6.92 Å². The lowest BCUT2D eigenvalue weighted by molar-refractivity contribution is -0.127. The Labute approximate surface area is 120 Å². The highest BCUT2D eigenvalue weighted by Crippen LogP contribution is 2.27. The van der Waals surface area contributed by atoms with Gasteiger partial charge in [-0.3, -0.25) is 4.79 Å². The van der Waals surface area contributed by atoms with Crippen molar-refractivity contribution in [2.75, 3.05) is 6.61 Å². The minimum Gasteiger partial charge on any atom is -0.375 e. The topological polar surface area (TPSA) is 78.3 Å². The fraction of sp³-hybridized carbons (Fsp3) is 0.562. The zero-order valence-electron chi connectivity index (χ0n) is 12.0. The van der Waals surface area contributed by atoms with Crippen LogP contribution in [-0.2, 0) is 15.1 Å². The van der Waals surface area contributed by atoms with Crippen LogP contribution in [0.5, 0.6) is 0 Å². The van der Waals surface area contributed by atoms with Crippen LogP contribution >= 0.6 is 0 Å². The van der Waals surface area contributed by atoms with Gasteiger partial charge < -0.3 is 16.2 Å². The highest BCUT2D eigenvalue weighted by Gasteiger charge is 2.35. The van der Waals surface area contributed by atoms with Crippen molar-refractivity contribution in [1.82, 2.24) is 0 Å². The number of carbonyl (C=O) groups is 1. The molecule has 1 aromatic carbocycles. The molecule has 1 amide bonds. The summed E-state index contributed by atoms with van der Waals surface area (Å²) in [6, 6.07) is 9.22. The van der Waals surface area contributed by atoms with Gasteiger partial charge in [0.2, 0.25) is 5.91 Å². The highest BCUT2D eigenvalue weighted by molar-refractivity contribution is 5.86. The van der Waals surface area contributed by atoms with Crippen molar-refractivity contribution < 1.29 is 9.53 Å². The summed E-state index contributed by atoms with van der Waals surface area (Å²) in [4.78, 5) is 11.8. The van der Waals surface area contributed by atoms with Crippen molar-refractivity contribution in [2.45, 2.75) is 44.2 Å². The molecule has 1 saturated carbocycles. The molecule has 1 aliphatic rings. The lowest BCUT2D eigenvalue weighted by atomic mass is 9.88. The van der Waals surface area contributed by atoms with Crippen LogP contribution in [0.1, 0.15) is 38.2 Å². The van der Waals surface area contributed by atoms with Gasteiger partial charge in [0.15, 0.2) is 0 Å². The molecule has 1 fully saturated rings. The molecule has 0 aliphatic heterocycles. The minimum atomic E-state index is -1.25. The van der Waals surface area contributed by atoms with E-state index in [0.29, 0.717) is 5.56 Å². The van der Waals surface area contributed by atoms with Gasteiger partial charge >= 0.3 is 0 Å². The van der Waals surface area contributed by atoms with Gasteiger partial charge in [0.25, 0.3) is 0 Å². The van der Waals surface area contributed by atoms with Crippen molar-refractivity contribution in [3.05, 3.63) is 35.9 Å². The van der Waals surface area contributed by atoms with Crippen molar-refractivity contribution >= 4 is 5.91 Å². The number of hydrogen-bond donors (Lipinski definition) is 2. The van der Waals surface area contributed by atoms with Crippen LogP contribution in [0.2, 0.25) is 0 Å². The SMILES string of the molecule is CC1CCC(OCC(N)(C(N)=O)c2ccccc2)CC1. The third-order valence-electron chi connectivity index (χ3n) is 4.24.